The van der Waals surface area contributed by atoms with Gasteiger partial charge in [-0.2, -0.15) is 18.4 Å². The van der Waals surface area contributed by atoms with Gasteiger partial charge in [0.25, 0.3) is 5.91 Å². The summed E-state index contributed by atoms with van der Waals surface area (Å²) < 4.78 is 40.3. The number of carbonyl (C=O) groups excluding carboxylic acids is 1. The molecule has 1 N–H and O–H groups in total. The molecule has 33 heavy (non-hydrogen) atoms. The Bertz CT molecular complexity index is 1260. The lowest BCUT2D eigenvalue weighted by Crippen LogP contribution is -2.49. The molecule has 2 fully saturated rings. The normalized spacial score (nSPS) is 22.4. The molecule has 1 unspecified atom stereocenters. The minimum atomic E-state index is -4.46. The van der Waals surface area contributed by atoms with Crippen molar-refractivity contribution in [2.24, 2.45) is 0 Å². The van der Waals surface area contributed by atoms with E-state index in [1.54, 1.807) is 0 Å². The molecule has 2 aromatic heterocycles. The van der Waals surface area contributed by atoms with Crippen LogP contribution in [0.5, 0.6) is 0 Å². The van der Waals surface area contributed by atoms with Gasteiger partial charge in [-0.1, -0.05) is 6.07 Å². The van der Waals surface area contributed by atoms with E-state index in [2.05, 4.69) is 16.4 Å². The van der Waals surface area contributed by atoms with Crippen LogP contribution < -0.4 is 5.32 Å². The fourth-order valence-corrected chi connectivity index (χ4v) is 5.09. The third kappa shape index (κ3) is 3.90. The van der Waals surface area contributed by atoms with Crippen molar-refractivity contribution >= 4 is 17.2 Å². The van der Waals surface area contributed by atoms with Crippen LogP contribution in [-0.4, -0.2) is 38.3 Å². The molecule has 2 aliphatic rings. The highest BCUT2D eigenvalue weighted by Gasteiger charge is 2.44. The number of amides is 1. The number of hydrogen-bond acceptors (Lipinski definition) is 4. The van der Waals surface area contributed by atoms with E-state index in [0.717, 1.165) is 49.2 Å². The highest BCUT2D eigenvalue weighted by Crippen LogP contribution is 2.38. The van der Waals surface area contributed by atoms with Gasteiger partial charge in [0.05, 0.1) is 17.2 Å². The average molecular weight is 453 g/mol. The van der Waals surface area contributed by atoms with Gasteiger partial charge >= 0.3 is 6.18 Å². The number of nitrogens with zero attached hydrogens (tertiary/aromatic N) is 4. The van der Waals surface area contributed by atoms with Crippen LogP contribution in [0.4, 0.5) is 18.9 Å². The fraction of sp³-hybridized carbons (Fsp3) is 0.375. The number of carbonyl (C=O) groups is 1. The number of nitriles is 1. The van der Waals surface area contributed by atoms with Crippen LogP contribution in [0, 0.1) is 18.3 Å². The van der Waals surface area contributed by atoms with Crippen LogP contribution in [0.15, 0.2) is 42.7 Å². The molecule has 1 amide bonds. The Hall–Kier alpha value is -3.54. The first-order valence-electron chi connectivity index (χ1n) is 10.9. The largest absolute Gasteiger partial charge is 0.417 e. The van der Waals surface area contributed by atoms with E-state index in [4.69, 9.17) is 0 Å². The number of rotatable bonds is 3. The maximum atomic E-state index is 13.3. The number of aromatic nitrogens is 2. The second-order valence-corrected chi connectivity index (χ2v) is 8.86. The SMILES string of the molecule is Cc1ccc(NC2C[C@H]3CC[C@@H](C2)N3C(=O)c2cn3cc(C(F)(F)F)ccc3n2)cc1C#N. The molecule has 2 aliphatic heterocycles. The Morgan fingerprint density at radius 1 is 1.15 bits per heavy atom. The number of imidazole rings is 1. The van der Waals surface area contributed by atoms with Gasteiger partial charge in [0.15, 0.2) is 0 Å². The number of alkyl halides is 3. The van der Waals surface area contributed by atoms with E-state index >= 15 is 0 Å². The van der Waals surface area contributed by atoms with Gasteiger partial charge in [-0.3, -0.25) is 4.79 Å². The number of aryl methyl sites for hydroxylation is 1. The molecular formula is C24H22F3N5O. The quantitative estimate of drug-likeness (QED) is 0.620. The molecule has 3 aromatic rings. The first kappa shape index (κ1) is 21.3. The van der Waals surface area contributed by atoms with Crippen molar-refractivity contribution in [3.63, 3.8) is 0 Å². The highest BCUT2D eigenvalue weighted by atomic mass is 19.4. The van der Waals surface area contributed by atoms with E-state index in [9.17, 15) is 23.2 Å². The number of piperidine rings is 1. The minimum Gasteiger partial charge on any atom is -0.382 e. The van der Waals surface area contributed by atoms with Gasteiger partial charge in [0, 0.05) is 36.2 Å². The lowest BCUT2D eigenvalue weighted by atomic mass is 9.96. The van der Waals surface area contributed by atoms with E-state index in [1.165, 1.54) is 16.7 Å². The van der Waals surface area contributed by atoms with Crippen molar-refractivity contribution in [3.05, 3.63) is 65.1 Å². The molecule has 6 nitrogen and oxygen atoms in total. The van der Waals surface area contributed by atoms with Crippen molar-refractivity contribution < 1.29 is 18.0 Å². The standard InChI is InChI=1S/C24H22F3N5O/c1-14-2-4-17(8-15(14)11-28)29-18-9-19-5-6-20(10-18)32(19)23(33)21-13-31-12-16(24(25,26)27)3-7-22(31)30-21/h2-4,7-8,12-13,18-20,29H,5-6,9-10H2,1H3/t18?,19-,20+. The van der Waals surface area contributed by atoms with Gasteiger partial charge in [0.1, 0.15) is 11.3 Å². The predicted molar refractivity (Wildman–Crippen MR) is 116 cm³/mol. The van der Waals surface area contributed by atoms with Crippen molar-refractivity contribution in [2.75, 3.05) is 5.32 Å². The zero-order valence-corrected chi connectivity index (χ0v) is 17.9. The zero-order valence-electron chi connectivity index (χ0n) is 17.9. The number of fused-ring (bicyclic) bond motifs is 3. The topological polar surface area (TPSA) is 73.4 Å². The van der Waals surface area contributed by atoms with Gasteiger partial charge in [0.2, 0.25) is 0 Å². The Morgan fingerprint density at radius 2 is 1.88 bits per heavy atom. The Morgan fingerprint density at radius 3 is 2.55 bits per heavy atom. The van der Waals surface area contributed by atoms with Crippen molar-refractivity contribution in [3.8, 4) is 6.07 Å². The lowest BCUT2D eigenvalue weighted by molar-refractivity contribution is -0.137. The molecule has 3 atom stereocenters. The third-order valence-corrected chi connectivity index (χ3v) is 6.69. The fourth-order valence-electron chi connectivity index (χ4n) is 5.09. The Balaban J connectivity index is 1.32. The summed E-state index contributed by atoms with van der Waals surface area (Å²) in [4.78, 5) is 19.4. The minimum absolute atomic E-state index is 0.0465. The summed E-state index contributed by atoms with van der Waals surface area (Å²) in [5.41, 5.74) is 2.14. The van der Waals surface area contributed by atoms with E-state index in [-0.39, 0.29) is 29.7 Å². The van der Waals surface area contributed by atoms with Crippen molar-refractivity contribution in [2.45, 2.75) is 56.9 Å². The zero-order chi connectivity index (χ0) is 23.3. The summed E-state index contributed by atoms with van der Waals surface area (Å²) in [7, 11) is 0. The number of anilines is 1. The molecule has 0 saturated carbocycles. The number of hydrogen-bond donors (Lipinski definition) is 1. The van der Waals surface area contributed by atoms with Gasteiger partial charge in [-0.05, 0) is 62.4 Å². The summed E-state index contributed by atoms with van der Waals surface area (Å²) in [6, 6.07) is 10.4. The van der Waals surface area contributed by atoms with Crippen LogP contribution in [0.1, 0.15) is 52.9 Å². The van der Waals surface area contributed by atoms with Crippen LogP contribution in [0.25, 0.3) is 5.65 Å². The molecule has 0 aliphatic carbocycles. The van der Waals surface area contributed by atoms with E-state index < -0.39 is 11.7 Å². The van der Waals surface area contributed by atoms with E-state index in [0.29, 0.717) is 11.2 Å². The highest BCUT2D eigenvalue weighted by molar-refractivity contribution is 5.93. The Kier molecular flexibility index (Phi) is 5.04. The molecule has 0 radical (unpaired) electrons. The maximum Gasteiger partial charge on any atom is 0.417 e. The smallest absolute Gasteiger partial charge is 0.382 e. The Labute approximate surface area is 188 Å². The number of pyridine rings is 1. The summed E-state index contributed by atoms with van der Waals surface area (Å²) in [5, 5.41) is 12.8. The maximum absolute atomic E-state index is 13.3. The molecule has 1 aromatic carbocycles. The summed E-state index contributed by atoms with van der Waals surface area (Å²) >= 11 is 0. The van der Waals surface area contributed by atoms with Gasteiger partial charge in [-0.25, -0.2) is 4.98 Å². The average Bonchev–Trinajstić information content (AvgIpc) is 3.32. The summed E-state index contributed by atoms with van der Waals surface area (Å²) in [5.74, 6) is -0.236. The van der Waals surface area contributed by atoms with Crippen molar-refractivity contribution in [1.82, 2.24) is 14.3 Å². The molecular weight excluding hydrogens is 431 g/mol. The molecule has 0 spiro atoms. The monoisotopic (exact) mass is 453 g/mol. The van der Waals surface area contributed by atoms with Gasteiger partial charge in [-0.15, -0.1) is 0 Å². The molecule has 2 bridgehead atoms. The predicted octanol–water partition coefficient (Wildman–Crippen LogP) is 4.78. The molecule has 2 saturated heterocycles. The summed E-state index contributed by atoms with van der Waals surface area (Å²) in [6.45, 7) is 1.90. The van der Waals surface area contributed by atoms with E-state index in [1.807, 2.05) is 30.0 Å². The molecule has 9 heteroatoms. The molecule has 4 heterocycles. The number of benzene rings is 1. The molecule has 5 rings (SSSR count). The van der Waals surface area contributed by atoms with Crippen molar-refractivity contribution in [1.29, 1.82) is 5.26 Å². The molecule has 170 valence electrons. The van der Waals surface area contributed by atoms with Crippen LogP contribution >= 0.6 is 0 Å². The first-order chi connectivity index (χ1) is 15.7. The van der Waals surface area contributed by atoms with Gasteiger partial charge < -0.3 is 14.6 Å². The summed E-state index contributed by atoms with van der Waals surface area (Å²) in [6.07, 6.45) is 1.19. The number of halogens is 3. The lowest BCUT2D eigenvalue weighted by Gasteiger charge is -2.39. The van der Waals surface area contributed by atoms with Crippen LogP contribution in [0.3, 0.4) is 0 Å². The van der Waals surface area contributed by atoms with Crippen LogP contribution in [-0.2, 0) is 6.18 Å². The first-order valence-corrected chi connectivity index (χ1v) is 10.9. The number of nitrogens with one attached hydrogen (secondary N) is 1. The second kappa shape index (κ2) is 7.80. The third-order valence-electron chi connectivity index (χ3n) is 6.69. The second-order valence-electron chi connectivity index (χ2n) is 8.86. The van der Waals surface area contributed by atoms with Crippen LogP contribution in [0.2, 0.25) is 0 Å².